The Labute approximate surface area is 113 Å². The monoisotopic (exact) mass is 261 g/mol. The Morgan fingerprint density at radius 2 is 1.28 bits per heavy atom. The van der Waals surface area contributed by atoms with Crippen LogP contribution in [0.2, 0.25) is 16.6 Å². The smallest absolute Gasteiger partial charge is 0.188 e. The standard InChI is InChI=1S/C16H27NSi/c1-13(2)18(14(3)4,15(5)6)17-12-16-10-8-7-9-11-16/h7-15H,1-6H3/b17-12+. The maximum Gasteiger partial charge on any atom is 0.188 e. The van der Waals surface area contributed by atoms with Gasteiger partial charge >= 0.3 is 0 Å². The largest absolute Gasteiger partial charge is 0.327 e. The lowest BCUT2D eigenvalue weighted by Gasteiger charge is -2.38. The molecule has 0 aliphatic heterocycles. The van der Waals surface area contributed by atoms with Crippen LogP contribution in [0.1, 0.15) is 47.1 Å². The topological polar surface area (TPSA) is 12.4 Å². The highest BCUT2D eigenvalue weighted by molar-refractivity contribution is 6.82. The molecule has 0 heterocycles. The van der Waals surface area contributed by atoms with Crippen molar-refractivity contribution in [3.63, 3.8) is 0 Å². The average Bonchev–Trinajstić information content (AvgIpc) is 2.29. The van der Waals surface area contributed by atoms with Gasteiger partial charge in [0.15, 0.2) is 8.24 Å². The lowest BCUT2D eigenvalue weighted by atomic mass is 10.2. The molecule has 0 N–H and O–H groups in total. The van der Waals surface area contributed by atoms with Crippen molar-refractivity contribution in [1.82, 2.24) is 0 Å². The minimum Gasteiger partial charge on any atom is -0.327 e. The third-order valence-electron chi connectivity index (χ3n) is 4.01. The van der Waals surface area contributed by atoms with Crippen molar-refractivity contribution in [3.8, 4) is 0 Å². The summed E-state index contributed by atoms with van der Waals surface area (Å²) in [5, 5.41) is 0. The van der Waals surface area contributed by atoms with E-state index in [2.05, 4.69) is 78.1 Å². The van der Waals surface area contributed by atoms with Crippen LogP contribution >= 0.6 is 0 Å². The maximum absolute atomic E-state index is 5.14. The second-order valence-electron chi connectivity index (χ2n) is 6.02. The molecule has 0 aliphatic rings. The van der Waals surface area contributed by atoms with Gasteiger partial charge in [0.05, 0.1) is 0 Å². The molecule has 1 nitrogen and oxygen atoms in total. The lowest BCUT2D eigenvalue weighted by Crippen LogP contribution is -2.42. The molecule has 0 atom stereocenters. The van der Waals surface area contributed by atoms with Crippen molar-refractivity contribution in [2.75, 3.05) is 0 Å². The Bertz CT molecular complexity index is 358. The van der Waals surface area contributed by atoms with Crippen LogP contribution in [0.3, 0.4) is 0 Å². The van der Waals surface area contributed by atoms with E-state index in [1.54, 1.807) is 0 Å². The molecule has 0 amide bonds. The molecule has 1 aromatic carbocycles. The zero-order chi connectivity index (χ0) is 13.8. The van der Waals surface area contributed by atoms with Crippen molar-refractivity contribution in [1.29, 1.82) is 0 Å². The zero-order valence-electron chi connectivity index (χ0n) is 12.6. The zero-order valence-corrected chi connectivity index (χ0v) is 13.6. The third kappa shape index (κ3) is 3.11. The van der Waals surface area contributed by atoms with Crippen LogP contribution in [-0.2, 0) is 0 Å². The highest BCUT2D eigenvalue weighted by atomic mass is 28.3. The van der Waals surface area contributed by atoms with Crippen molar-refractivity contribution < 1.29 is 0 Å². The normalized spacial score (nSPS) is 13.2. The van der Waals surface area contributed by atoms with E-state index in [9.17, 15) is 0 Å². The summed E-state index contributed by atoms with van der Waals surface area (Å²) >= 11 is 0. The first-order valence-electron chi connectivity index (χ1n) is 7.01. The maximum atomic E-state index is 5.14. The average molecular weight is 261 g/mol. The molecule has 0 spiro atoms. The number of nitrogens with zero attached hydrogens (tertiary/aromatic N) is 1. The van der Waals surface area contributed by atoms with E-state index in [1.807, 2.05) is 0 Å². The van der Waals surface area contributed by atoms with E-state index in [0.717, 1.165) is 0 Å². The van der Waals surface area contributed by atoms with Crippen molar-refractivity contribution in [3.05, 3.63) is 35.9 Å². The van der Waals surface area contributed by atoms with Gasteiger partial charge in [-0.3, -0.25) is 0 Å². The summed E-state index contributed by atoms with van der Waals surface area (Å²) in [4.78, 5) is 0. The van der Waals surface area contributed by atoms with Crippen LogP contribution in [-0.4, -0.2) is 14.5 Å². The van der Waals surface area contributed by atoms with Crippen molar-refractivity contribution in [2.24, 2.45) is 4.66 Å². The van der Waals surface area contributed by atoms with Crippen molar-refractivity contribution >= 4 is 14.5 Å². The van der Waals surface area contributed by atoms with Gasteiger partial charge in [-0.2, -0.15) is 0 Å². The molecule has 100 valence electrons. The van der Waals surface area contributed by atoms with Gasteiger partial charge in [-0.25, -0.2) is 0 Å². The van der Waals surface area contributed by atoms with E-state index in [0.29, 0.717) is 16.6 Å². The summed E-state index contributed by atoms with van der Waals surface area (Å²) in [6.07, 6.45) is 2.10. The van der Waals surface area contributed by atoms with Gasteiger partial charge in [-0.05, 0) is 22.2 Å². The lowest BCUT2D eigenvalue weighted by molar-refractivity contribution is 0.811. The molecule has 1 rings (SSSR count). The Morgan fingerprint density at radius 3 is 1.67 bits per heavy atom. The molecule has 0 radical (unpaired) electrons. The Morgan fingerprint density at radius 1 is 0.833 bits per heavy atom. The van der Waals surface area contributed by atoms with Crippen LogP contribution < -0.4 is 0 Å². The Hall–Kier alpha value is -0.893. The summed E-state index contributed by atoms with van der Waals surface area (Å²) in [5.74, 6) is 0. The van der Waals surface area contributed by atoms with Gasteiger partial charge in [-0.15, -0.1) is 0 Å². The SMILES string of the molecule is CC(C)[Si](/N=C/c1ccccc1)(C(C)C)C(C)C. The first-order valence-corrected chi connectivity index (χ1v) is 9.19. The minimum atomic E-state index is -1.64. The molecule has 0 saturated heterocycles. The first kappa shape index (κ1) is 15.2. The molecule has 18 heavy (non-hydrogen) atoms. The summed E-state index contributed by atoms with van der Waals surface area (Å²) in [5.41, 5.74) is 3.25. The first-order chi connectivity index (χ1) is 8.41. The fourth-order valence-corrected chi connectivity index (χ4v) is 8.44. The molecule has 2 heteroatoms. The van der Waals surface area contributed by atoms with Gasteiger partial charge in [-0.1, -0.05) is 71.9 Å². The second-order valence-corrected chi connectivity index (χ2v) is 11.5. The molecule has 0 saturated carbocycles. The predicted octanol–water partition coefficient (Wildman–Crippen LogP) is 5.28. The third-order valence-corrected chi connectivity index (χ3v) is 10.1. The molecule has 0 fully saturated rings. The molecule has 0 bridgehead atoms. The minimum absolute atomic E-state index is 0.678. The molecule has 0 aliphatic carbocycles. The summed E-state index contributed by atoms with van der Waals surface area (Å²) < 4.78 is 5.14. The second kappa shape index (κ2) is 6.33. The van der Waals surface area contributed by atoms with Gasteiger partial charge in [0.1, 0.15) is 0 Å². The van der Waals surface area contributed by atoms with Crippen LogP contribution in [0.4, 0.5) is 0 Å². The summed E-state index contributed by atoms with van der Waals surface area (Å²) in [6.45, 7) is 14.1. The molecular formula is C16H27NSi. The van der Waals surface area contributed by atoms with Crippen LogP contribution in [0.25, 0.3) is 0 Å². The van der Waals surface area contributed by atoms with Crippen LogP contribution in [0.5, 0.6) is 0 Å². The quantitative estimate of drug-likeness (QED) is 0.505. The predicted molar refractivity (Wildman–Crippen MR) is 85.1 cm³/mol. The fourth-order valence-electron chi connectivity index (χ4n) is 3.17. The van der Waals surface area contributed by atoms with Crippen LogP contribution in [0, 0.1) is 0 Å². The van der Waals surface area contributed by atoms with E-state index >= 15 is 0 Å². The van der Waals surface area contributed by atoms with E-state index in [4.69, 9.17) is 4.66 Å². The van der Waals surface area contributed by atoms with E-state index in [1.165, 1.54) is 5.56 Å². The summed E-state index contributed by atoms with van der Waals surface area (Å²) in [7, 11) is -1.64. The van der Waals surface area contributed by atoms with Gasteiger partial charge in [0.25, 0.3) is 0 Å². The fraction of sp³-hybridized carbons (Fsp3) is 0.562. The van der Waals surface area contributed by atoms with Gasteiger partial charge in [0, 0.05) is 6.21 Å². The van der Waals surface area contributed by atoms with Gasteiger partial charge in [0.2, 0.25) is 0 Å². The van der Waals surface area contributed by atoms with E-state index < -0.39 is 8.24 Å². The van der Waals surface area contributed by atoms with Crippen molar-refractivity contribution in [2.45, 2.75) is 58.2 Å². The Balaban J connectivity index is 3.09. The molecule has 1 aromatic rings. The number of hydrogen-bond acceptors (Lipinski definition) is 1. The van der Waals surface area contributed by atoms with E-state index in [-0.39, 0.29) is 0 Å². The summed E-state index contributed by atoms with van der Waals surface area (Å²) in [6, 6.07) is 10.5. The highest BCUT2D eigenvalue weighted by Crippen LogP contribution is 2.42. The molecule has 0 aromatic heterocycles. The molecule has 0 unspecified atom stereocenters. The Kier molecular flexibility index (Phi) is 5.33. The molecular weight excluding hydrogens is 234 g/mol. The van der Waals surface area contributed by atoms with Crippen LogP contribution in [0.15, 0.2) is 35.0 Å². The number of hydrogen-bond donors (Lipinski definition) is 0. The highest BCUT2D eigenvalue weighted by Gasteiger charge is 2.42. The number of benzene rings is 1. The van der Waals surface area contributed by atoms with Gasteiger partial charge < -0.3 is 4.66 Å². The number of rotatable bonds is 5.